The Labute approximate surface area is 194 Å². The lowest BCUT2D eigenvalue weighted by molar-refractivity contribution is -0.139. The van der Waals surface area contributed by atoms with Crippen LogP contribution < -0.4 is 19.6 Å². The highest BCUT2D eigenvalue weighted by Crippen LogP contribution is 2.34. The Morgan fingerprint density at radius 3 is 2.81 bits per heavy atom. The smallest absolute Gasteiger partial charge is 0.338 e. The van der Waals surface area contributed by atoms with Crippen LogP contribution in [0.1, 0.15) is 30.3 Å². The van der Waals surface area contributed by atoms with Gasteiger partial charge in [-0.3, -0.25) is 9.36 Å². The molecule has 3 heterocycles. The summed E-state index contributed by atoms with van der Waals surface area (Å²) in [5.74, 6) is 0.181. The SMILES string of the molecule is CCOC(=O)C1=C(C)N=c2s/c(=C/c3cccs3)c(=O)n2[C@@H]1c1ccc(OC)c(Br)c1. The first-order valence-electron chi connectivity index (χ1n) is 9.51. The number of carbonyl (C=O) groups excluding carboxylic acids is 1. The first-order valence-corrected chi connectivity index (χ1v) is 12.0. The van der Waals surface area contributed by atoms with Crippen molar-refractivity contribution in [1.29, 1.82) is 0 Å². The normalized spacial score (nSPS) is 16.1. The van der Waals surface area contributed by atoms with Gasteiger partial charge in [0.2, 0.25) is 0 Å². The Balaban J connectivity index is 1.97. The average molecular weight is 519 g/mol. The summed E-state index contributed by atoms with van der Waals surface area (Å²) >= 11 is 6.38. The number of ether oxygens (including phenoxy) is 2. The minimum absolute atomic E-state index is 0.191. The lowest BCUT2D eigenvalue weighted by atomic mass is 9.96. The monoisotopic (exact) mass is 518 g/mol. The highest BCUT2D eigenvalue weighted by molar-refractivity contribution is 9.10. The molecule has 1 aliphatic rings. The van der Waals surface area contributed by atoms with Crippen molar-refractivity contribution >= 4 is 50.6 Å². The Kier molecular flexibility index (Phi) is 6.27. The van der Waals surface area contributed by atoms with Gasteiger partial charge in [-0.1, -0.05) is 23.5 Å². The van der Waals surface area contributed by atoms with Crippen LogP contribution in [0.2, 0.25) is 0 Å². The molecule has 1 aliphatic heterocycles. The Bertz CT molecular complexity index is 1350. The van der Waals surface area contributed by atoms with Gasteiger partial charge >= 0.3 is 5.97 Å². The van der Waals surface area contributed by atoms with E-state index in [0.717, 1.165) is 14.9 Å². The summed E-state index contributed by atoms with van der Waals surface area (Å²) in [6.45, 7) is 3.76. The van der Waals surface area contributed by atoms with E-state index in [1.54, 1.807) is 42.9 Å². The second-order valence-electron chi connectivity index (χ2n) is 6.71. The summed E-state index contributed by atoms with van der Waals surface area (Å²) in [5, 5.41) is 1.96. The minimum Gasteiger partial charge on any atom is -0.496 e. The van der Waals surface area contributed by atoms with E-state index < -0.39 is 12.0 Å². The number of fused-ring (bicyclic) bond motifs is 1. The molecular weight excluding hydrogens is 500 g/mol. The first-order chi connectivity index (χ1) is 14.9. The number of hydrogen-bond donors (Lipinski definition) is 0. The number of benzene rings is 1. The molecule has 0 amide bonds. The summed E-state index contributed by atoms with van der Waals surface area (Å²) in [6.07, 6.45) is 1.86. The highest BCUT2D eigenvalue weighted by Gasteiger charge is 2.33. The van der Waals surface area contributed by atoms with E-state index in [1.807, 2.05) is 35.7 Å². The number of allylic oxidation sites excluding steroid dienone is 1. The van der Waals surface area contributed by atoms with E-state index in [1.165, 1.54) is 11.3 Å². The Morgan fingerprint density at radius 1 is 1.35 bits per heavy atom. The standard InChI is InChI=1S/C22H19BrN2O4S2/c1-4-29-21(27)18-12(2)24-22-25(19(18)13-7-8-16(28-3)15(23)10-13)20(26)17(31-22)11-14-6-5-9-30-14/h5-11,19H,4H2,1-3H3/b17-11+/t19-/m1/s1. The number of rotatable bonds is 5. The summed E-state index contributed by atoms with van der Waals surface area (Å²) in [5.41, 5.74) is 1.46. The molecule has 3 aromatic rings. The Morgan fingerprint density at radius 2 is 2.16 bits per heavy atom. The second-order valence-corrected chi connectivity index (χ2v) is 9.55. The van der Waals surface area contributed by atoms with Crippen molar-refractivity contribution in [3.8, 4) is 5.75 Å². The molecule has 160 valence electrons. The number of thiazole rings is 1. The van der Waals surface area contributed by atoms with Crippen LogP contribution in [0.4, 0.5) is 0 Å². The number of halogens is 1. The molecule has 6 nitrogen and oxygen atoms in total. The van der Waals surface area contributed by atoms with E-state index in [0.29, 0.717) is 26.4 Å². The highest BCUT2D eigenvalue weighted by atomic mass is 79.9. The van der Waals surface area contributed by atoms with Crippen molar-refractivity contribution in [2.45, 2.75) is 19.9 Å². The van der Waals surface area contributed by atoms with Crippen molar-refractivity contribution in [3.05, 3.63) is 81.6 Å². The van der Waals surface area contributed by atoms with Gasteiger partial charge in [0.1, 0.15) is 5.75 Å². The predicted molar refractivity (Wildman–Crippen MR) is 125 cm³/mol. The molecule has 0 fully saturated rings. The minimum atomic E-state index is -0.650. The molecule has 1 atom stereocenters. The second kappa shape index (κ2) is 8.94. The van der Waals surface area contributed by atoms with E-state index in [9.17, 15) is 9.59 Å². The largest absolute Gasteiger partial charge is 0.496 e. The maximum atomic E-state index is 13.4. The number of thiophene rings is 1. The number of methoxy groups -OCH3 is 1. The van der Waals surface area contributed by atoms with Gasteiger partial charge in [-0.25, -0.2) is 9.79 Å². The number of aromatic nitrogens is 1. The summed E-state index contributed by atoms with van der Waals surface area (Å²) < 4.78 is 13.5. The van der Waals surface area contributed by atoms with Crippen LogP contribution >= 0.6 is 38.6 Å². The first kappa shape index (κ1) is 21.7. The number of carbonyl (C=O) groups is 1. The van der Waals surface area contributed by atoms with Gasteiger partial charge in [0, 0.05) is 4.88 Å². The molecule has 2 aromatic heterocycles. The molecule has 0 spiro atoms. The van der Waals surface area contributed by atoms with Crippen molar-refractivity contribution in [2.75, 3.05) is 13.7 Å². The molecule has 4 rings (SSSR count). The zero-order valence-corrected chi connectivity index (χ0v) is 20.3. The number of esters is 1. The van der Waals surface area contributed by atoms with Gasteiger partial charge < -0.3 is 9.47 Å². The van der Waals surface area contributed by atoms with Crippen molar-refractivity contribution in [2.24, 2.45) is 4.99 Å². The van der Waals surface area contributed by atoms with E-state index in [4.69, 9.17) is 9.47 Å². The molecular formula is C22H19BrN2O4S2. The van der Waals surface area contributed by atoms with Crippen LogP contribution in [-0.4, -0.2) is 24.3 Å². The van der Waals surface area contributed by atoms with E-state index in [2.05, 4.69) is 20.9 Å². The van der Waals surface area contributed by atoms with Crippen LogP contribution in [0, 0.1) is 0 Å². The lowest BCUT2D eigenvalue weighted by Crippen LogP contribution is -2.39. The van der Waals surface area contributed by atoms with Crippen LogP contribution in [0.3, 0.4) is 0 Å². The third-order valence-corrected chi connectivity index (χ3v) is 7.25. The van der Waals surface area contributed by atoms with Crippen LogP contribution in [0.5, 0.6) is 5.75 Å². The quantitative estimate of drug-likeness (QED) is 0.483. The number of nitrogens with zero attached hydrogens (tertiary/aromatic N) is 2. The fourth-order valence-corrected chi connectivity index (χ4v) is 5.79. The zero-order valence-electron chi connectivity index (χ0n) is 17.0. The molecule has 0 N–H and O–H groups in total. The van der Waals surface area contributed by atoms with E-state index >= 15 is 0 Å². The fourth-order valence-electron chi connectivity index (χ4n) is 3.46. The Hall–Kier alpha value is -2.49. The van der Waals surface area contributed by atoms with Crippen molar-refractivity contribution in [1.82, 2.24) is 4.57 Å². The third-order valence-electron chi connectivity index (χ3n) is 4.83. The molecule has 31 heavy (non-hydrogen) atoms. The molecule has 0 saturated carbocycles. The number of hydrogen-bond acceptors (Lipinski definition) is 7. The molecule has 1 aromatic carbocycles. The van der Waals surface area contributed by atoms with Gasteiger partial charge in [-0.2, -0.15) is 0 Å². The molecule has 9 heteroatoms. The van der Waals surface area contributed by atoms with Gasteiger partial charge in [-0.05, 0) is 65.0 Å². The summed E-state index contributed by atoms with van der Waals surface area (Å²) in [7, 11) is 1.58. The summed E-state index contributed by atoms with van der Waals surface area (Å²) in [4.78, 5) is 32.4. The van der Waals surface area contributed by atoms with E-state index in [-0.39, 0.29) is 12.2 Å². The zero-order chi connectivity index (χ0) is 22.1. The molecule has 0 unspecified atom stereocenters. The van der Waals surface area contributed by atoms with Crippen LogP contribution in [0.25, 0.3) is 6.08 Å². The third kappa shape index (κ3) is 4.05. The molecule has 0 saturated heterocycles. The maximum Gasteiger partial charge on any atom is 0.338 e. The molecule has 0 bridgehead atoms. The van der Waals surface area contributed by atoms with Crippen molar-refractivity contribution in [3.63, 3.8) is 0 Å². The predicted octanol–water partition coefficient (Wildman–Crippen LogP) is 3.63. The van der Waals surface area contributed by atoms with Gasteiger partial charge in [0.25, 0.3) is 5.56 Å². The lowest BCUT2D eigenvalue weighted by Gasteiger charge is -2.25. The van der Waals surface area contributed by atoms with Crippen molar-refractivity contribution < 1.29 is 14.3 Å². The van der Waals surface area contributed by atoms with Gasteiger partial charge in [0.15, 0.2) is 4.80 Å². The van der Waals surface area contributed by atoms with Gasteiger partial charge in [-0.15, -0.1) is 11.3 Å². The van der Waals surface area contributed by atoms with Crippen LogP contribution in [-0.2, 0) is 9.53 Å². The topological polar surface area (TPSA) is 69.9 Å². The maximum absolute atomic E-state index is 13.4. The molecule has 0 radical (unpaired) electrons. The fraction of sp³-hybridized carbons (Fsp3) is 0.227. The average Bonchev–Trinajstić information content (AvgIpc) is 3.35. The summed E-state index contributed by atoms with van der Waals surface area (Å²) in [6, 6.07) is 8.76. The molecule has 0 aliphatic carbocycles. The van der Waals surface area contributed by atoms with Gasteiger partial charge in [0.05, 0.1) is 40.0 Å². The van der Waals surface area contributed by atoms with Crippen LogP contribution in [0.15, 0.2) is 61.2 Å².